The van der Waals surface area contributed by atoms with Crippen molar-refractivity contribution in [2.24, 2.45) is 0 Å². The van der Waals surface area contributed by atoms with Crippen LogP contribution in [0.5, 0.6) is 17.2 Å². The summed E-state index contributed by atoms with van der Waals surface area (Å²) in [6.45, 7) is 4.34. The van der Waals surface area contributed by atoms with Gasteiger partial charge in [0.1, 0.15) is 17.2 Å². The van der Waals surface area contributed by atoms with Gasteiger partial charge in [0.15, 0.2) is 0 Å². The number of hydrogen-bond donors (Lipinski definition) is 3. The first-order chi connectivity index (χ1) is 12.8. The van der Waals surface area contributed by atoms with E-state index in [1.165, 1.54) is 0 Å². The third-order valence-electron chi connectivity index (χ3n) is 6.32. The molecule has 0 saturated heterocycles. The predicted octanol–water partition coefficient (Wildman–Crippen LogP) is 5.21. The molecule has 3 N–H and O–H groups in total. The Morgan fingerprint density at radius 1 is 0.630 bits per heavy atom. The SMILES string of the molecule is C[C@]1(c2ccccc2O)CC[C@](C)(c2ccc(O)cc2)c2cc(O)ccc21. The number of phenolic OH excluding ortho intramolecular Hbond substituents is 3. The first kappa shape index (κ1) is 17.5. The molecule has 138 valence electrons. The Morgan fingerprint density at radius 2 is 1.26 bits per heavy atom. The van der Waals surface area contributed by atoms with Crippen molar-refractivity contribution in [2.75, 3.05) is 0 Å². The minimum atomic E-state index is -0.342. The number of fused-ring (bicyclic) bond motifs is 1. The Kier molecular flexibility index (Phi) is 3.92. The monoisotopic (exact) mass is 360 g/mol. The molecule has 0 spiro atoms. The van der Waals surface area contributed by atoms with Gasteiger partial charge >= 0.3 is 0 Å². The molecule has 0 fully saturated rings. The van der Waals surface area contributed by atoms with Gasteiger partial charge in [-0.2, -0.15) is 0 Å². The predicted molar refractivity (Wildman–Crippen MR) is 106 cm³/mol. The fourth-order valence-corrected chi connectivity index (χ4v) is 4.59. The van der Waals surface area contributed by atoms with E-state index in [-0.39, 0.29) is 22.3 Å². The van der Waals surface area contributed by atoms with Gasteiger partial charge in [-0.1, -0.05) is 50.2 Å². The molecule has 0 aliphatic heterocycles. The lowest BCUT2D eigenvalue weighted by molar-refractivity contribution is 0.354. The van der Waals surface area contributed by atoms with E-state index in [1.54, 1.807) is 24.3 Å². The Hall–Kier alpha value is -2.94. The molecule has 4 rings (SSSR count). The molecule has 0 bridgehead atoms. The molecule has 3 aromatic rings. The van der Waals surface area contributed by atoms with E-state index in [4.69, 9.17) is 0 Å². The molecule has 3 aromatic carbocycles. The zero-order valence-electron chi connectivity index (χ0n) is 15.6. The molecular weight excluding hydrogens is 336 g/mol. The van der Waals surface area contributed by atoms with Crippen molar-refractivity contribution in [3.05, 3.63) is 89.0 Å². The van der Waals surface area contributed by atoms with Crippen LogP contribution < -0.4 is 0 Å². The molecule has 0 unspecified atom stereocenters. The van der Waals surface area contributed by atoms with Crippen LogP contribution in [0, 0.1) is 0 Å². The fourth-order valence-electron chi connectivity index (χ4n) is 4.59. The smallest absolute Gasteiger partial charge is 0.119 e. The van der Waals surface area contributed by atoms with Crippen LogP contribution in [0.4, 0.5) is 0 Å². The Balaban J connectivity index is 1.94. The third-order valence-corrected chi connectivity index (χ3v) is 6.32. The highest BCUT2D eigenvalue weighted by Gasteiger charge is 2.44. The topological polar surface area (TPSA) is 60.7 Å². The lowest BCUT2D eigenvalue weighted by atomic mass is 9.57. The van der Waals surface area contributed by atoms with Crippen molar-refractivity contribution in [1.29, 1.82) is 0 Å². The minimum absolute atomic E-state index is 0.236. The molecule has 0 radical (unpaired) electrons. The van der Waals surface area contributed by atoms with Crippen LogP contribution in [-0.2, 0) is 10.8 Å². The molecule has 3 heteroatoms. The van der Waals surface area contributed by atoms with Gasteiger partial charge in [0.2, 0.25) is 0 Å². The zero-order valence-corrected chi connectivity index (χ0v) is 15.6. The summed E-state index contributed by atoms with van der Waals surface area (Å²) >= 11 is 0. The summed E-state index contributed by atoms with van der Waals surface area (Å²) < 4.78 is 0. The van der Waals surface area contributed by atoms with Crippen LogP contribution >= 0.6 is 0 Å². The number of rotatable bonds is 2. The van der Waals surface area contributed by atoms with E-state index in [2.05, 4.69) is 13.8 Å². The number of hydrogen-bond acceptors (Lipinski definition) is 3. The van der Waals surface area contributed by atoms with Crippen LogP contribution in [0.15, 0.2) is 66.7 Å². The van der Waals surface area contributed by atoms with Gasteiger partial charge in [-0.3, -0.25) is 0 Å². The van der Waals surface area contributed by atoms with E-state index in [0.717, 1.165) is 35.1 Å². The molecule has 3 nitrogen and oxygen atoms in total. The summed E-state index contributed by atoms with van der Waals surface area (Å²) in [6.07, 6.45) is 1.72. The van der Waals surface area contributed by atoms with Gasteiger partial charge in [-0.25, -0.2) is 0 Å². The van der Waals surface area contributed by atoms with Crippen LogP contribution in [0.2, 0.25) is 0 Å². The summed E-state index contributed by atoms with van der Waals surface area (Å²) in [7, 11) is 0. The highest BCUT2D eigenvalue weighted by atomic mass is 16.3. The first-order valence-electron chi connectivity index (χ1n) is 9.26. The van der Waals surface area contributed by atoms with Crippen molar-refractivity contribution in [3.63, 3.8) is 0 Å². The maximum absolute atomic E-state index is 10.5. The maximum atomic E-state index is 10.5. The van der Waals surface area contributed by atoms with Gasteiger partial charge in [0.05, 0.1) is 0 Å². The number of aromatic hydroxyl groups is 3. The van der Waals surface area contributed by atoms with E-state index in [0.29, 0.717) is 5.75 Å². The summed E-state index contributed by atoms with van der Waals surface area (Å²) in [5.41, 5.74) is 3.56. The lowest BCUT2D eigenvalue weighted by Crippen LogP contribution is -2.38. The highest BCUT2D eigenvalue weighted by molar-refractivity contribution is 5.57. The van der Waals surface area contributed by atoms with Crippen LogP contribution in [-0.4, -0.2) is 15.3 Å². The Morgan fingerprint density at radius 3 is 1.96 bits per heavy atom. The van der Waals surface area contributed by atoms with E-state index in [1.807, 2.05) is 42.5 Å². The van der Waals surface area contributed by atoms with Gasteiger partial charge in [0, 0.05) is 16.4 Å². The summed E-state index contributed by atoms with van der Waals surface area (Å²) in [5.74, 6) is 0.779. The standard InChI is InChI=1S/C24H24O3/c1-23(16-7-9-17(25)10-8-16)13-14-24(2,20-5-3-4-6-22(20)27)19-12-11-18(26)15-21(19)23/h3-12,15,25-27H,13-14H2,1-2H3/t23-,24+/m1/s1. The second kappa shape index (κ2) is 6.05. The van der Waals surface area contributed by atoms with Crippen LogP contribution in [0.1, 0.15) is 48.9 Å². The Bertz CT molecular complexity index is 993. The third kappa shape index (κ3) is 2.66. The van der Waals surface area contributed by atoms with Crippen molar-refractivity contribution >= 4 is 0 Å². The fraction of sp³-hybridized carbons (Fsp3) is 0.250. The average Bonchev–Trinajstić information content (AvgIpc) is 2.66. The van der Waals surface area contributed by atoms with Crippen molar-refractivity contribution in [2.45, 2.75) is 37.5 Å². The molecule has 1 aliphatic rings. The summed E-state index contributed by atoms with van der Waals surface area (Å²) in [6, 6.07) is 20.4. The zero-order chi connectivity index (χ0) is 19.2. The van der Waals surface area contributed by atoms with Crippen LogP contribution in [0.25, 0.3) is 0 Å². The molecule has 2 atom stereocenters. The van der Waals surface area contributed by atoms with Crippen molar-refractivity contribution in [3.8, 4) is 17.2 Å². The number of para-hydroxylation sites is 1. The molecule has 0 aromatic heterocycles. The summed E-state index contributed by atoms with van der Waals surface area (Å²) in [5, 5.41) is 30.4. The molecule has 0 saturated carbocycles. The lowest BCUT2D eigenvalue weighted by Gasteiger charge is -2.46. The van der Waals surface area contributed by atoms with Gasteiger partial charge < -0.3 is 15.3 Å². The van der Waals surface area contributed by atoms with Gasteiger partial charge in [-0.15, -0.1) is 0 Å². The Labute approximate surface area is 159 Å². The number of phenols is 3. The quantitative estimate of drug-likeness (QED) is 0.588. The van der Waals surface area contributed by atoms with Crippen molar-refractivity contribution < 1.29 is 15.3 Å². The van der Waals surface area contributed by atoms with E-state index >= 15 is 0 Å². The maximum Gasteiger partial charge on any atom is 0.119 e. The molecule has 0 heterocycles. The van der Waals surface area contributed by atoms with Crippen LogP contribution in [0.3, 0.4) is 0 Å². The highest BCUT2D eigenvalue weighted by Crippen LogP contribution is 2.53. The second-order valence-corrected chi connectivity index (χ2v) is 7.96. The normalized spacial score (nSPS) is 24.4. The second-order valence-electron chi connectivity index (χ2n) is 7.96. The van der Waals surface area contributed by atoms with E-state index < -0.39 is 0 Å². The van der Waals surface area contributed by atoms with Gasteiger partial charge in [0.25, 0.3) is 0 Å². The molecule has 27 heavy (non-hydrogen) atoms. The molecule has 0 amide bonds. The molecule has 1 aliphatic carbocycles. The number of benzene rings is 3. The van der Waals surface area contributed by atoms with E-state index in [9.17, 15) is 15.3 Å². The van der Waals surface area contributed by atoms with Crippen molar-refractivity contribution in [1.82, 2.24) is 0 Å². The average molecular weight is 360 g/mol. The minimum Gasteiger partial charge on any atom is -0.508 e. The summed E-state index contributed by atoms with van der Waals surface area (Å²) in [4.78, 5) is 0. The van der Waals surface area contributed by atoms with Gasteiger partial charge in [-0.05, 0) is 59.9 Å². The largest absolute Gasteiger partial charge is 0.508 e. The first-order valence-corrected chi connectivity index (χ1v) is 9.26. The molecular formula is C24H24O3.